The number of hydrogen-bond donors (Lipinski definition) is 1. The molecule has 0 bridgehead atoms. The number of carboxylic acid groups (broad SMARTS) is 1. The lowest BCUT2D eigenvalue weighted by atomic mass is 10.0. The van der Waals surface area contributed by atoms with Gasteiger partial charge in [0.2, 0.25) is 0 Å². The van der Waals surface area contributed by atoms with Gasteiger partial charge in [0.25, 0.3) is 0 Å². The van der Waals surface area contributed by atoms with Gasteiger partial charge >= 0.3 is 11.9 Å². The molecule has 1 aliphatic rings. The summed E-state index contributed by atoms with van der Waals surface area (Å²) in [6.07, 6.45) is 16.6. The Hall–Kier alpha value is -1.69. The zero-order chi connectivity index (χ0) is 23.3. The summed E-state index contributed by atoms with van der Waals surface area (Å²) in [6, 6.07) is 0. The highest BCUT2D eigenvalue weighted by atomic mass is 16.6. The molecule has 0 amide bonds. The van der Waals surface area contributed by atoms with Crippen molar-refractivity contribution in [1.82, 2.24) is 0 Å². The van der Waals surface area contributed by atoms with Crippen LogP contribution in [-0.4, -0.2) is 42.1 Å². The summed E-state index contributed by atoms with van der Waals surface area (Å²) < 4.78 is 10.1. The van der Waals surface area contributed by atoms with Crippen LogP contribution in [0.2, 0.25) is 0 Å². The number of aliphatic carboxylic acids is 1. The highest BCUT2D eigenvalue weighted by Crippen LogP contribution is 2.17. The molecule has 0 aromatic rings. The molecule has 0 aromatic carbocycles. The number of carbonyl (C=O) groups is 3. The van der Waals surface area contributed by atoms with E-state index in [0.717, 1.165) is 51.2 Å². The van der Waals surface area contributed by atoms with Crippen LogP contribution >= 0.6 is 0 Å². The molecule has 1 rings (SSSR count). The van der Waals surface area contributed by atoms with Crippen molar-refractivity contribution in [2.75, 3.05) is 6.61 Å². The summed E-state index contributed by atoms with van der Waals surface area (Å²) in [5.41, 5.74) is 0.478. The van der Waals surface area contributed by atoms with E-state index in [4.69, 9.17) is 9.84 Å². The summed E-state index contributed by atoms with van der Waals surface area (Å²) in [5.74, 6) is -0.951. The predicted octanol–water partition coefficient (Wildman–Crippen LogP) is 6.01. The fourth-order valence-electron chi connectivity index (χ4n) is 3.16. The molecular formula is C25H44O6. The molecule has 6 heteroatoms. The van der Waals surface area contributed by atoms with Crippen LogP contribution < -0.4 is 0 Å². The average molecular weight is 441 g/mol. The fourth-order valence-corrected chi connectivity index (χ4v) is 3.16. The van der Waals surface area contributed by atoms with Gasteiger partial charge in [-0.15, -0.1) is 0 Å². The third-order valence-corrected chi connectivity index (χ3v) is 5.18. The first-order chi connectivity index (χ1) is 14.9. The SMILES string of the molecule is C=C(C)C(=O)OC(CCCCCC)CCCCCCCCCCC(=O)O.O=CC1CO1. The molecule has 31 heavy (non-hydrogen) atoms. The Morgan fingerprint density at radius 3 is 1.87 bits per heavy atom. The Labute approximate surface area is 188 Å². The number of esters is 1. The number of aldehydes is 1. The minimum Gasteiger partial charge on any atom is -0.481 e. The number of epoxide rings is 1. The second kappa shape index (κ2) is 20.2. The van der Waals surface area contributed by atoms with Crippen LogP contribution in [-0.2, 0) is 23.9 Å². The Bertz CT molecular complexity index is 498. The quantitative estimate of drug-likeness (QED) is 0.0868. The molecule has 6 nitrogen and oxygen atoms in total. The van der Waals surface area contributed by atoms with Crippen LogP contribution in [0.4, 0.5) is 0 Å². The van der Waals surface area contributed by atoms with Crippen molar-refractivity contribution in [1.29, 1.82) is 0 Å². The van der Waals surface area contributed by atoms with Crippen molar-refractivity contribution in [2.24, 2.45) is 0 Å². The van der Waals surface area contributed by atoms with Gasteiger partial charge in [0.15, 0.2) is 6.29 Å². The van der Waals surface area contributed by atoms with Crippen molar-refractivity contribution < 1.29 is 29.0 Å². The van der Waals surface area contributed by atoms with Gasteiger partial charge in [0, 0.05) is 12.0 Å². The maximum atomic E-state index is 11.8. The lowest BCUT2D eigenvalue weighted by Gasteiger charge is -2.18. The Kier molecular flexibility index (Phi) is 19.1. The summed E-state index contributed by atoms with van der Waals surface area (Å²) in [5, 5.41) is 8.59. The molecule has 1 saturated heterocycles. The second-order valence-electron chi connectivity index (χ2n) is 8.43. The number of unbranched alkanes of at least 4 members (excludes halogenated alkanes) is 10. The van der Waals surface area contributed by atoms with Gasteiger partial charge in [0.05, 0.1) is 6.61 Å². The summed E-state index contributed by atoms with van der Waals surface area (Å²) in [4.78, 5) is 31.7. The molecule has 1 N–H and O–H groups in total. The molecule has 0 aromatic heterocycles. The highest BCUT2D eigenvalue weighted by Gasteiger charge is 2.20. The van der Waals surface area contributed by atoms with Crippen molar-refractivity contribution in [2.45, 2.75) is 122 Å². The average Bonchev–Trinajstić information content (AvgIpc) is 3.57. The van der Waals surface area contributed by atoms with E-state index >= 15 is 0 Å². The second-order valence-corrected chi connectivity index (χ2v) is 8.43. The number of carbonyl (C=O) groups excluding carboxylic acids is 2. The normalized spacial score (nSPS) is 15.4. The fraction of sp³-hybridized carbons (Fsp3) is 0.800. The van der Waals surface area contributed by atoms with Crippen molar-refractivity contribution in [3.05, 3.63) is 12.2 Å². The van der Waals surface area contributed by atoms with E-state index in [1.807, 2.05) is 0 Å². The Balaban J connectivity index is 0.00000156. The van der Waals surface area contributed by atoms with Gasteiger partial charge < -0.3 is 19.4 Å². The number of rotatable bonds is 19. The van der Waals surface area contributed by atoms with Crippen LogP contribution in [0.25, 0.3) is 0 Å². The van der Waals surface area contributed by atoms with E-state index in [0.29, 0.717) is 18.6 Å². The maximum absolute atomic E-state index is 11.8. The van der Waals surface area contributed by atoms with Crippen molar-refractivity contribution in [3.8, 4) is 0 Å². The molecule has 2 unspecified atom stereocenters. The largest absolute Gasteiger partial charge is 0.481 e. The Morgan fingerprint density at radius 1 is 1.00 bits per heavy atom. The topological polar surface area (TPSA) is 93.2 Å². The predicted molar refractivity (Wildman–Crippen MR) is 123 cm³/mol. The summed E-state index contributed by atoms with van der Waals surface area (Å²) >= 11 is 0. The monoisotopic (exact) mass is 440 g/mol. The van der Waals surface area contributed by atoms with E-state index in [1.165, 1.54) is 44.9 Å². The molecule has 2 atom stereocenters. The molecule has 0 spiro atoms. The standard InChI is InChI=1S/C22H40O4.C3H4O2/c1-4-5-6-13-16-20(26-22(25)19(2)3)17-14-11-9-7-8-10-12-15-18-21(23)24;4-1-3-2-5-3/h20H,2,4-18H2,1,3H3,(H,23,24);1,3H,2H2. The molecule has 0 radical (unpaired) electrons. The Morgan fingerprint density at radius 2 is 1.48 bits per heavy atom. The third-order valence-electron chi connectivity index (χ3n) is 5.18. The molecular weight excluding hydrogens is 396 g/mol. The van der Waals surface area contributed by atoms with Crippen LogP contribution in [0, 0.1) is 0 Å². The number of ether oxygens (including phenoxy) is 2. The lowest BCUT2D eigenvalue weighted by molar-refractivity contribution is -0.145. The first kappa shape index (κ1) is 29.3. The number of hydrogen-bond acceptors (Lipinski definition) is 5. The van der Waals surface area contributed by atoms with E-state index in [2.05, 4.69) is 18.2 Å². The number of carboxylic acids is 1. The van der Waals surface area contributed by atoms with Gasteiger partial charge in [-0.05, 0) is 39.0 Å². The third kappa shape index (κ3) is 21.3. The van der Waals surface area contributed by atoms with E-state index < -0.39 is 5.97 Å². The maximum Gasteiger partial charge on any atom is 0.333 e. The minimum atomic E-state index is -0.693. The van der Waals surface area contributed by atoms with Crippen molar-refractivity contribution >= 4 is 18.2 Å². The zero-order valence-electron chi connectivity index (χ0n) is 19.7. The van der Waals surface area contributed by atoms with Crippen molar-refractivity contribution in [3.63, 3.8) is 0 Å². The first-order valence-corrected chi connectivity index (χ1v) is 12.1. The minimum absolute atomic E-state index is 0.0343. The molecule has 1 heterocycles. The smallest absolute Gasteiger partial charge is 0.333 e. The van der Waals surface area contributed by atoms with E-state index in [-0.39, 0.29) is 18.2 Å². The van der Waals surface area contributed by atoms with Crippen LogP contribution in [0.5, 0.6) is 0 Å². The van der Waals surface area contributed by atoms with Gasteiger partial charge in [-0.3, -0.25) is 4.79 Å². The summed E-state index contributed by atoms with van der Waals surface area (Å²) in [6.45, 7) is 8.21. The lowest BCUT2D eigenvalue weighted by Crippen LogP contribution is -2.18. The molecule has 1 aliphatic heterocycles. The van der Waals surface area contributed by atoms with Gasteiger partial charge in [-0.25, -0.2) is 4.79 Å². The first-order valence-electron chi connectivity index (χ1n) is 12.1. The van der Waals surface area contributed by atoms with E-state index in [9.17, 15) is 14.4 Å². The van der Waals surface area contributed by atoms with E-state index in [1.54, 1.807) is 6.92 Å². The summed E-state index contributed by atoms with van der Waals surface area (Å²) in [7, 11) is 0. The van der Waals surface area contributed by atoms with Crippen LogP contribution in [0.3, 0.4) is 0 Å². The molecule has 0 saturated carbocycles. The highest BCUT2D eigenvalue weighted by molar-refractivity contribution is 5.87. The van der Waals surface area contributed by atoms with Crippen LogP contribution in [0.15, 0.2) is 12.2 Å². The van der Waals surface area contributed by atoms with Gasteiger partial charge in [0.1, 0.15) is 12.2 Å². The molecule has 0 aliphatic carbocycles. The molecule has 180 valence electrons. The van der Waals surface area contributed by atoms with Gasteiger partial charge in [-0.1, -0.05) is 71.3 Å². The molecule has 1 fully saturated rings. The zero-order valence-corrected chi connectivity index (χ0v) is 19.7. The van der Waals surface area contributed by atoms with Crippen LogP contribution in [0.1, 0.15) is 110 Å². The van der Waals surface area contributed by atoms with Gasteiger partial charge in [-0.2, -0.15) is 0 Å².